The van der Waals surface area contributed by atoms with Crippen molar-refractivity contribution in [1.29, 1.82) is 0 Å². The van der Waals surface area contributed by atoms with Gasteiger partial charge in [-0.1, -0.05) is 13.8 Å². The van der Waals surface area contributed by atoms with Crippen molar-refractivity contribution in [3.05, 3.63) is 17.5 Å². The average molecular weight is 307 g/mol. The monoisotopic (exact) mass is 307 g/mol. The van der Waals surface area contributed by atoms with Crippen LogP contribution in [-0.4, -0.2) is 44.3 Å². The van der Waals surface area contributed by atoms with E-state index in [4.69, 9.17) is 5.11 Å². The summed E-state index contributed by atoms with van der Waals surface area (Å²) in [5.41, 5.74) is 1.48. The van der Waals surface area contributed by atoms with Crippen LogP contribution in [0, 0.1) is 6.92 Å². The Morgan fingerprint density at radius 1 is 1.41 bits per heavy atom. The number of likely N-dealkylation sites (tertiary alicyclic amines) is 1. The van der Waals surface area contributed by atoms with Gasteiger partial charge in [0.25, 0.3) is 5.91 Å². The summed E-state index contributed by atoms with van der Waals surface area (Å²) in [6.07, 6.45) is 5.22. The molecule has 2 heterocycles. The van der Waals surface area contributed by atoms with Crippen LogP contribution in [0.5, 0.6) is 0 Å². The van der Waals surface area contributed by atoms with Gasteiger partial charge in [-0.25, -0.2) is 0 Å². The van der Waals surface area contributed by atoms with E-state index in [-0.39, 0.29) is 18.4 Å². The normalized spacial score (nSPS) is 18.2. The summed E-state index contributed by atoms with van der Waals surface area (Å²) in [5.74, 6) is -0.937. The summed E-state index contributed by atoms with van der Waals surface area (Å²) in [4.78, 5) is 25.4. The summed E-state index contributed by atoms with van der Waals surface area (Å²) in [7, 11) is 0. The van der Waals surface area contributed by atoms with Crippen LogP contribution in [0.4, 0.5) is 0 Å². The number of carbonyl (C=O) groups excluding carboxylic acids is 1. The van der Waals surface area contributed by atoms with Crippen molar-refractivity contribution in [2.45, 2.75) is 65.0 Å². The van der Waals surface area contributed by atoms with Crippen molar-refractivity contribution in [3.8, 4) is 0 Å². The molecule has 1 atom stereocenters. The predicted octanol–water partition coefficient (Wildman–Crippen LogP) is 2.63. The van der Waals surface area contributed by atoms with Gasteiger partial charge in [0, 0.05) is 18.3 Å². The SMILES string of the molecule is CCC(CC)n1ncc(C(=O)N2CCCC2CC(=O)O)c1C. The number of amides is 1. The topological polar surface area (TPSA) is 75.4 Å². The van der Waals surface area contributed by atoms with Crippen LogP contribution in [-0.2, 0) is 4.79 Å². The van der Waals surface area contributed by atoms with E-state index in [1.165, 1.54) is 0 Å². The number of hydrogen-bond donors (Lipinski definition) is 1. The van der Waals surface area contributed by atoms with E-state index in [1.54, 1.807) is 11.1 Å². The Morgan fingerprint density at radius 2 is 2.09 bits per heavy atom. The lowest BCUT2D eigenvalue weighted by Gasteiger charge is -2.23. The van der Waals surface area contributed by atoms with Crippen molar-refractivity contribution in [2.24, 2.45) is 0 Å². The molecule has 0 aromatic carbocycles. The lowest BCUT2D eigenvalue weighted by atomic mass is 10.1. The molecule has 1 fully saturated rings. The molecule has 1 aromatic rings. The number of hydrogen-bond acceptors (Lipinski definition) is 3. The first kappa shape index (κ1) is 16.5. The first-order chi connectivity index (χ1) is 10.5. The Kier molecular flexibility index (Phi) is 5.21. The number of aliphatic carboxylic acids is 1. The minimum absolute atomic E-state index is 0.0193. The number of carboxylic acids is 1. The molecule has 0 aliphatic carbocycles. The number of carbonyl (C=O) groups is 2. The third kappa shape index (κ3) is 3.15. The minimum atomic E-state index is -0.853. The van der Waals surface area contributed by atoms with Crippen LogP contribution in [0.15, 0.2) is 6.20 Å². The largest absolute Gasteiger partial charge is 0.481 e. The van der Waals surface area contributed by atoms with Gasteiger partial charge in [-0.15, -0.1) is 0 Å². The Labute approximate surface area is 131 Å². The predicted molar refractivity (Wildman–Crippen MR) is 82.9 cm³/mol. The summed E-state index contributed by atoms with van der Waals surface area (Å²) in [6.45, 7) is 6.77. The second-order valence-electron chi connectivity index (χ2n) is 5.95. The molecular weight excluding hydrogens is 282 g/mol. The standard InChI is InChI=1S/C16H25N3O3/c1-4-12(5-2)19-11(3)14(10-17-19)16(22)18-8-6-7-13(18)9-15(20)21/h10,12-13H,4-9H2,1-3H3,(H,20,21). The van der Waals surface area contributed by atoms with E-state index in [9.17, 15) is 9.59 Å². The first-order valence-electron chi connectivity index (χ1n) is 8.06. The lowest BCUT2D eigenvalue weighted by molar-refractivity contribution is -0.137. The molecule has 1 aromatic heterocycles. The highest BCUT2D eigenvalue weighted by molar-refractivity contribution is 5.95. The van der Waals surface area contributed by atoms with Gasteiger partial charge in [-0.3, -0.25) is 14.3 Å². The Morgan fingerprint density at radius 3 is 2.68 bits per heavy atom. The second kappa shape index (κ2) is 6.94. The lowest BCUT2D eigenvalue weighted by Crippen LogP contribution is -2.37. The number of nitrogens with zero attached hydrogens (tertiary/aromatic N) is 3. The second-order valence-corrected chi connectivity index (χ2v) is 5.95. The van der Waals surface area contributed by atoms with Crippen LogP contribution < -0.4 is 0 Å². The molecule has 122 valence electrons. The number of aromatic nitrogens is 2. The molecule has 2 rings (SSSR count). The van der Waals surface area contributed by atoms with E-state index in [2.05, 4.69) is 18.9 Å². The molecule has 1 unspecified atom stereocenters. The van der Waals surface area contributed by atoms with Crippen molar-refractivity contribution in [1.82, 2.24) is 14.7 Å². The molecule has 0 spiro atoms. The maximum Gasteiger partial charge on any atom is 0.305 e. The van der Waals surface area contributed by atoms with Gasteiger partial charge in [0.15, 0.2) is 0 Å². The van der Waals surface area contributed by atoms with Crippen molar-refractivity contribution < 1.29 is 14.7 Å². The quantitative estimate of drug-likeness (QED) is 0.876. The van der Waals surface area contributed by atoms with E-state index in [0.717, 1.165) is 31.4 Å². The van der Waals surface area contributed by atoms with Gasteiger partial charge in [0.05, 0.1) is 24.2 Å². The Bertz CT molecular complexity index is 549. The van der Waals surface area contributed by atoms with Gasteiger partial charge < -0.3 is 10.0 Å². The third-order valence-corrected chi connectivity index (χ3v) is 4.61. The summed E-state index contributed by atoms with van der Waals surface area (Å²) in [5, 5.41) is 13.4. The molecule has 1 saturated heterocycles. The van der Waals surface area contributed by atoms with Crippen LogP contribution in [0.3, 0.4) is 0 Å². The number of rotatable bonds is 6. The molecule has 1 amide bonds. The van der Waals surface area contributed by atoms with Gasteiger partial charge in [-0.2, -0.15) is 5.10 Å². The number of carboxylic acid groups (broad SMARTS) is 1. The van der Waals surface area contributed by atoms with E-state index < -0.39 is 5.97 Å². The molecule has 6 heteroatoms. The highest BCUT2D eigenvalue weighted by Crippen LogP contribution is 2.25. The van der Waals surface area contributed by atoms with Gasteiger partial charge in [0.1, 0.15) is 0 Å². The van der Waals surface area contributed by atoms with Crippen molar-refractivity contribution >= 4 is 11.9 Å². The molecule has 6 nitrogen and oxygen atoms in total. The third-order valence-electron chi connectivity index (χ3n) is 4.61. The van der Waals surface area contributed by atoms with Crippen molar-refractivity contribution in [3.63, 3.8) is 0 Å². The average Bonchev–Trinajstić information content (AvgIpc) is 3.07. The highest BCUT2D eigenvalue weighted by atomic mass is 16.4. The maximum absolute atomic E-state index is 12.8. The molecule has 1 aliphatic rings. The first-order valence-corrected chi connectivity index (χ1v) is 8.06. The molecule has 1 N–H and O–H groups in total. The van der Waals surface area contributed by atoms with Crippen LogP contribution in [0.25, 0.3) is 0 Å². The Hall–Kier alpha value is -1.85. The molecule has 0 radical (unpaired) electrons. The van der Waals surface area contributed by atoms with Crippen LogP contribution >= 0.6 is 0 Å². The van der Waals surface area contributed by atoms with Crippen LogP contribution in [0.1, 0.15) is 68.0 Å². The van der Waals surface area contributed by atoms with Crippen molar-refractivity contribution in [2.75, 3.05) is 6.54 Å². The molecule has 1 aliphatic heterocycles. The molecular formula is C16H25N3O3. The minimum Gasteiger partial charge on any atom is -0.481 e. The fourth-order valence-electron chi connectivity index (χ4n) is 3.31. The summed E-state index contributed by atoms with van der Waals surface area (Å²) >= 11 is 0. The van der Waals surface area contributed by atoms with E-state index in [1.807, 2.05) is 11.6 Å². The van der Waals surface area contributed by atoms with E-state index in [0.29, 0.717) is 18.2 Å². The summed E-state index contributed by atoms with van der Waals surface area (Å²) < 4.78 is 1.93. The van der Waals surface area contributed by atoms with Gasteiger partial charge >= 0.3 is 5.97 Å². The van der Waals surface area contributed by atoms with E-state index >= 15 is 0 Å². The molecule has 0 bridgehead atoms. The van der Waals surface area contributed by atoms with Crippen LogP contribution in [0.2, 0.25) is 0 Å². The zero-order valence-corrected chi connectivity index (χ0v) is 13.6. The zero-order chi connectivity index (χ0) is 16.3. The van der Waals surface area contributed by atoms with Gasteiger partial charge in [0.2, 0.25) is 0 Å². The fraction of sp³-hybridized carbons (Fsp3) is 0.688. The smallest absolute Gasteiger partial charge is 0.305 e. The maximum atomic E-state index is 12.8. The fourth-order valence-corrected chi connectivity index (χ4v) is 3.31. The highest BCUT2D eigenvalue weighted by Gasteiger charge is 2.32. The summed E-state index contributed by atoms with van der Waals surface area (Å²) in [6, 6.07) is 0.107. The Balaban J connectivity index is 2.21. The van der Waals surface area contributed by atoms with Gasteiger partial charge in [-0.05, 0) is 32.6 Å². The molecule has 0 saturated carbocycles. The zero-order valence-electron chi connectivity index (χ0n) is 13.6. The molecule has 22 heavy (non-hydrogen) atoms.